The van der Waals surface area contributed by atoms with Crippen molar-refractivity contribution in [1.82, 2.24) is 10.3 Å². The Morgan fingerprint density at radius 2 is 1.82 bits per heavy atom. The third kappa shape index (κ3) is 4.68. The number of hydrogen-bond donors (Lipinski definition) is 3. The lowest BCUT2D eigenvalue weighted by Gasteiger charge is -2.41. The highest BCUT2D eigenvalue weighted by Gasteiger charge is 2.38. The molecule has 2 aliphatic heterocycles. The molecule has 4 aromatic rings. The second kappa shape index (κ2) is 10.0. The van der Waals surface area contributed by atoms with Gasteiger partial charge < -0.3 is 34.6 Å². The van der Waals surface area contributed by atoms with Crippen LogP contribution in [0.15, 0.2) is 60.8 Å². The van der Waals surface area contributed by atoms with E-state index in [9.17, 15) is 4.79 Å². The molecule has 3 N–H and O–H groups in total. The van der Waals surface area contributed by atoms with Gasteiger partial charge in [-0.05, 0) is 59.2 Å². The highest BCUT2D eigenvalue weighted by molar-refractivity contribution is 5.97. The van der Waals surface area contributed by atoms with Crippen molar-refractivity contribution < 1.29 is 23.7 Å². The maximum absolute atomic E-state index is 13.1. The Balaban J connectivity index is 1.22. The van der Waals surface area contributed by atoms with Crippen LogP contribution in [-0.4, -0.2) is 44.0 Å². The quantitative estimate of drug-likeness (QED) is 0.335. The number of anilines is 1. The van der Waals surface area contributed by atoms with E-state index in [1.807, 2.05) is 54.7 Å². The van der Waals surface area contributed by atoms with Gasteiger partial charge in [0.1, 0.15) is 17.2 Å². The standard InChI is InChI=1S/C30H31N3O5/c1-35-23-5-6-25-24(16-23)21(17-32-25)15-29(34)33-26-14-20(4-8-28(26)36-2)19-3-7-27-22(13-19)18-37-30(38-27)9-11-31-12-10-30/h3-8,13-14,16-17,31-32H,9-12,15,18H2,1-2H3,(H,33,34). The minimum absolute atomic E-state index is 0.135. The van der Waals surface area contributed by atoms with Crippen LogP contribution in [0.3, 0.4) is 0 Å². The molecular formula is C30H31N3O5. The summed E-state index contributed by atoms with van der Waals surface area (Å²) < 4.78 is 23.4. The Kier molecular flexibility index (Phi) is 6.43. The Morgan fingerprint density at radius 1 is 1.00 bits per heavy atom. The van der Waals surface area contributed by atoms with E-state index in [1.165, 1.54) is 0 Å². The van der Waals surface area contributed by atoms with Gasteiger partial charge in [-0.2, -0.15) is 0 Å². The average Bonchev–Trinajstić information content (AvgIpc) is 3.34. The minimum atomic E-state index is -0.521. The molecule has 1 amide bonds. The van der Waals surface area contributed by atoms with Crippen molar-refractivity contribution in [2.75, 3.05) is 32.6 Å². The van der Waals surface area contributed by atoms with E-state index in [-0.39, 0.29) is 12.3 Å². The van der Waals surface area contributed by atoms with Gasteiger partial charge in [-0.3, -0.25) is 4.79 Å². The third-order valence-corrected chi connectivity index (χ3v) is 7.35. The number of rotatable bonds is 6. The highest BCUT2D eigenvalue weighted by atomic mass is 16.7. The molecule has 1 spiro atoms. The van der Waals surface area contributed by atoms with Crippen LogP contribution in [0, 0.1) is 0 Å². The molecule has 0 aliphatic carbocycles. The first-order valence-corrected chi connectivity index (χ1v) is 12.8. The van der Waals surface area contributed by atoms with Gasteiger partial charge in [0, 0.05) is 48.6 Å². The number of methoxy groups -OCH3 is 2. The molecule has 8 heteroatoms. The molecule has 1 aromatic heterocycles. The molecule has 6 rings (SSSR count). The van der Waals surface area contributed by atoms with E-state index in [2.05, 4.69) is 21.7 Å². The van der Waals surface area contributed by atoms with Crippen LogP contribution in [-0.2, 0) is 22.6 Å². The number of H-pyrrole nitrogens is 1. The molecule has 0 bridgehead atoms. The van der Waals surface area contributed by atoms with Crippen molar-refractivity contribution in [2.24, 2.45) is 0 Å². The first-order chi connectivity index (χ1) is 18.6. The molecule has 0 unspecified atom stereocenters. The number of carbonyl (C=O) groups is 1. The molecule has 196 valence electrons. The van der Waals surface area contributed by atoms with Crippen LogP contribution in [0.1, 0.15) is 24.0 Å². The van der Waals surface area contributed by atoms with E-state index >= 15 is 0 Å². The van der Waals surface area contributed by atoms with Crippen LogP contribution in [0.5, 0.6) is 17.2 Å². The molecule has 38 heavy (non-hydrogen) atoms. The van der Waals surface area contributed by atoms with Crippen molar-refractivity contribution >= 4 is 22.5 Å². The number of piperidine rings is 1. The number of ether oxygens (including phenoxy) is 4. The first kappa shape index (κ1) is 24.3. The van der Waals surface area contributed by atoms with Crippen molar-refractivity contribution in [3.63, 3.8) is 0 Å². The zero-order valence-electron chi connectivity index (χ0n) is 21.6. The topological polar surface area (TPSA) is 93.8 Å². The largest absolute Gasteiger partial charge is 0.497 e. The molecule has 2 aliphatic rings. The van der Waals surface area contributed by atoms with E-state index in [1.54, 1.807) is 14.2 Å². The zero-order chi connectivity index (χ0) is 26.1. The minimum Gasteiger partial charge on any atom is -0.497 e. The molecule has 8 nitrogen and oxygen atoms in total. The predicted molar refractivity (Wildman–Crippen MR) is 146 cm³/mol. The maximum Gasteiger partial charge on any atom is 0.228 e. The Bertz CT molecular complexity index is 1490. The summed E-state index contributed by atoms with van der Waals surface area (Å²) in [6.07, 6.45) is 3.75. The Hall–Kier alpha value is -4.01. The van der Waals surface area contributed by atoms with Crippen LogP contribution in [0.4, 0.5) is 5.69 Å². The molecular weight excluding hydrogens is 482 g/mol. The monoisotopic (exact) mass is 513 g/mol. The number of hydrogen-bond acceptors (Lipinski definition) is 6. The van der Waals surface area contributed by atoms with Crippen LogP contribution >= 0.6 is 0 Å². The summed E-state index contributed by atoms with van der Waals surface area (Å²) in [5.41, 5.74) is 5.46. The number of aromatic amines is 1. The maximum atomic E-state index is 13.1. The Labute approximate surface area is 221 Å². The molecule has 3 heterocycles. The molecule has 0 atom stereocenters. The highest BCUT2D eigenvalue weighted by Crippen LogP contribution is 2.39. The summed E-state index contributed by atoms with van der Waals surface area (Å²) in [5.74, 6) is 1.57. The molecule has 1 fully saturated rings. The average molecular weight is 514 g/mol. The molecule has 0 radical (unpaired) electrons. The van der Waals surface area contributed by atoms with Gasteiger partial charge in [-0.1, -0.05) is 12.1 Å². The second-order valence-electron chi connectivity index (χ2n) is 9.74. The van der Waals surface area contributed by atoms with Gasteiger partial charge in [0.15, 0.2) is 0 Å². The summed E-state index contributed by atoms with van der Waals surface area (Å²) in [6.45, 7) is 2.29. The fourth-order valence-electron chi connectivity index (χ4n) is 5.25. The number of amides is 1. The van der Waals surface area contributed by atoms with Crippen molar-refractivity contribution in [2.45, 2.75) is 31.7 Å². The summed E-state index contributed by atoms with van der Waals surface area (Å²) in [7, 11) is 3.23. The second-order valence-corrected chi connectivity index (χ2v) is 9.74. The molecule has 3 aromatic carbocycles. The third-order valence-electron chi connectivity index (χ3n) is 7.35. The zero-order valence-corrected chi connectivity index (χ0v) is 21.6. The SMILES string of the molecule is COc1ccc2[nH]cc(CC(=O)Nc3cc(-c4ccc5c(c4)COC4(CCNCC4)O5)ccc3OC)c2c1. The van der Waals surface area contributed by atoms with Gasteiger partial charge in [0.25, 0.3) is 0 Å². The molecule has 0 saturated carbocycles. The van der Waals surface area contributed by atoms with E-state index in [4.69, 9.17) is 18.9 Å². The van der Waals surface area contributed by atoms with Gasteiger partial charge in [-0.25, -0.2) is 0 Å². The number of benzene rings is 3. The van der Waals surface area contributed by atoms with Gasteiger partial charge in [-0.15, -0.1) is 0 Å². The first-order valence-electron chi connectivity index (χ1n) is 12.8. The lowest BCUT2D eigenvalue weighted by Crippen LogP contribution is -2.49. The number of fused-ring (bicyclic) bond motifs is 2. The van der Waals surface area contributed by atoms with Gasteiger partial charge in [0.05, 0.1) is 32.9 Å². The normalized spacial score (nSPS) is 16.1. The summed E-state index contributed by atoms with van der Waals surface area (Å²) in [4.78, 5) is 16.3. The van der Waals surface area contributed by atoms with Crippen molar-refractivity contribution in [3.05, 3.63) is 71.9 Å². The van der Waals surface area contributed by atoms with Crippen LogP contribution < -0.4 is 24.8 Å². The number of nitrogens with one attached hydrogen (secondary N) is 3. The van der Waals surface area contributed by atoms with Gasteiger partial charge in [0.2, 0.25) is 11.7 Å². The van der Waals surface area contributed by atoms with Crippen molar-refractivity contribution in [3.8, 4) is 28.4 Å². The van der Waals surface area contributed by atoms with Crippen LogP contribution in [0.25, 0.3) is 22.0 Å². The van der Waals surface area contributed by atoms with Crippen molar-refractivity contribution in [1.29, 1.82) is 0 Å². The summed E-state index contributed by atoms with van der Waals surface area (Å²) >= 11 is 0. The van der Waals surface area contributed by atoms with E-state index in [0.29, 0.717) is 18.0 Å². The Morgan fingerprint density at radius 3 is 2.63 bits per heavy atom. The summed E-state index contributed by atoms with van der Waals surface area (Å²) in [6, 6.07) is 17.7. The van der Waals surface area contributed by atoms with E-state index < -0.39 is 5.79 Å². The fraction of sp³-hybridized carbons (Fsp3) is 0.300. The van der Waals surface area contributed by atoms with Crippen LogP contribution in [0.2, 0.25) is 0 Å². The lowest BCUT2D eigenvalue weighted by molar-refractivity contribution is -0.218. The number of carbonyl (C=O) groups excluding carboxylic acids is 1. The fourth-order valence-corrected chi connectivity index (χ4v) is 5.25. The lowest BCUT2D eigenvalue weighted by atomic mass is 9.99. The molecule has 1 saturated heterocycles. The smallest absolute Gasteiger partial charge is 0.228 e. The number of aromatic nitrogens is 1. The summed E-state index contributed by atoms with van der Waals surface area (Å²) in [5, 5.41) is 7.36. The van der Waals surface area contributed by atoms with Gasteiger partial charge >= 0.3 is 0 Å². The predicted octanol–water partition coefficient (Wildman–Crippen LogP) is 5.02. The van der Waals surface area contributed by atoms with E-state index in [0.717, 1.165) is 70.6 Å².